The Bertz CT molecular complexity index is 1120. The van der Waals surface area contributed by atoms with E-state index in [0.29, 0.717) is 22.8 Å². The summed E-state index contributed by atoms with van der Waals surface area (Å²) in [5.74, 6) is -0.287. The van der Waals surface area contributed by atoms with E-state index < -0.39 is 5.97 Å². The third-order valence-electron chi connectivity index (χ3n) is 5.45. The number of hydrogen-bond donors (Lipinski definition) is 1. The minimum absolute atomic E-state index is 0.213. The van der Waals surface area contributed by atoms with Gasteiger partial charge in [0.15, 0.2) is 0 Å². The van der Waals surface area contributed by atoms with Crippen LogP contribution in [0.4, 0.5) is 0 Å². The molecule has 0 fully saturated rings. The number of esters is 1. The van der Waals surface area contributed by atoms with E-state index in [9.17, 15) is 14.7 Å². The topological polar surface area (TPSA) is 63.6 Å². The molecule has 1 N–H and O–H groups in total. The number of hydrogen-bond acceptors (Lipinski definition) is 3. The van der Waals surface area contributed by atoms with E-state index in [2.05, 4.69) is 6.92 Å². The van der Waals surface area contributed by atoms with Gasteiger partial charge in [-0.3, -0.25) is 0 Å². The molecule has 3 aromatic rings. The van der Waals surface area contributed by atoms with Crippen molar-refractivity contribution in [3.05, 3.63) is 77.9 Å². The zero-order valence-electron chi connectivity index (χ0n) is 16.2. The highest BCUT2D eigenvalue weighted by Gasteiger charge is 2.20. The second-order valence-electron chi connectivity index (χ2n) is 7.51. The summed E-state index contributed by atoms with van der Waals surface area (Å²) in [4.78, 5) is 24.5. The molecule has 4 rings (SSSR count). The number of carbonyl (C=O) groups excluding carboxylic acids is 1. The van der Waals surface area contributed by atoms with Crippen LogP contribution in [0.15, 0.2) is 72.3 Å². The smallest absolute Gasteiger partial charge is 0.339 e. The fourth-order valence-electron chi connectivity index (χ4n) is 3.84. The van der Waals surface area contributed by atoms with Gasteiger partial charge in [0.05, 0.1) is 5.56 Å². The van der Waals surface area contributed by atoms with Gasteiger partial charge in [0, 0.05) is 11.0 Å². The molecule has 0 saturated heterocycles. The number of fused-ring (bicyclic) bond motifs is 1. The lowest BCUT2D eigenvalue weighted by molar-refractivity contribution is -0.130. The molecule has 0 spiro atoms. The molecule has 0 bridgehead atoms. The molecule has 1 aliphatic rings. The van der Waals surface area contributed by atoms with Crippen molar-refractivity contribution in [3.63, 3.8) is 0 Å². The van der Waals surface area contributed by atoms with Crippen molar-refractivity contribution in [1.82, 2.24) is 0 Å². The van der Waals surface area contributed by atoms with Crippen LogP contribution in [0.1, 0.15) is 36.5 Å². The van der Waals surface area contributed by atoms with Crippen molar-refractivity contribution in [1.29, 1.82) is 0 Å². The third kappa shape index (κ3) is 3.79. The summed E-state index contributed by atoms with van der Waals surface area (Å²) >= 11 is 0. The average Bonchev–Trinajstić information content (AvgIpc) is 2.74. The van der Waals surface area contributed by atoms with E-state index in [1.807, 2.05) is 42.5 Å². The fourth-order valence-corrected chi connectivity index (χ4v) is 3.84. The Morgan fingerprint density at radius 2 is 1.69 bits per heavy atom. The second-order valence-corrected chi connectivity index (χ2v) is 7.51. The molecule has 1 unspecified atom stereocenters. The van der Waals surface area contributed by atoms with E-state index >= 15 is 0 Å². The van der Waals surface area contributed by atoms with Crippen LogP contribution in [0.3, 0.4) is 0 Å². The van der Waals surface area contributed by atoms with Gasteiger partial charge in [-0.05, 0) is 53.8 Å². The first kappa shape index (κ1) is 18.9. The molecule has 146 valence electrons. The van der Waals surface area contributed by atoms with Gasteiger partial charge in [-0.1, -0.05) is 61.5 Å². The molecule has 4 heteroatoms. The number of carboxylic acids is 1. The van der Waals surface area contributed by atoms with E-state index in [0.717, 1.165) is 35.6 Å². The largest absolute Gasteiger partial charge is 0.478 e. The van der Waals surface area contributed by atoms with Crippen LogP contribution in [-0.2, 0) is 4.79 Å². The lowest BCUT2D eigenvalue weighted by Gasteiger charge is -2.18. The lowest BCUT2D eigenvalue weighted by atomic mass is 9.91. The Morgan fingerprint density at radius 3 is 2.41 bits per heavy atom. The minimum Gasteiger partial charge on any atom is -0.478 e. The zero-order chi connectivity index (χ0) is 20.4. The summed E-state index contributed by atoms with van der Waals surface area (Å²) in [6, 6.07) is 18.1. The maximum atomic E-state index is 12.8. The van der Waals surface area contributed by atoms with Gasteiger partial charge in [-0.25, -0.2) is 9.59 Å². The molecule has 29 heavy (non-hydrogen) atoms. The quantitative estimate of drug-likeness (QED) is 0.451. The monoisotopic (exact) mass is 386 g/mol. The van der Waals surface area contributed by atoms with E-state index in [1.54, 1.807) is 24.3 Å². The van der Waals surface area contributed by atoms with E-state index in [4.69, 9.17) is 4.74 Å². The van der Waals surface area contributed by atoms with Crippen LogP contribution in [0, 0.1) is 5.92 Å². The van der Waals surface area contributed by atoms with Crippen molar-refractivity contribution in [2.45, 2.75) is 26.2 Å². The van der Waals surface area contributed by atoms with Crippen LogP contribution in [0.5, 0.6) is 5.75 Å². The van der Waals surface area contributed by atoms with Crippen LogP contribution >= 0.6 is 0 Å². The van der Waals surface area contributed by atoms with E-state index in [-0.39, 0.29) is 11.5 Å². The van der Waals surface area contributed by atoms with Crippen molar-refractivity contribution in [2.75, 3.05) is 0 Å². The first-order valence-corrected chi connectivity index (χ1v) is 9.80. The van der Waals surface area contributed by atoms with Gasteiger partial charge in [-0.2, -0.15) is 0 Å². The number of allylic oxidation sites excluding steroid dienone is 1. The molecule has 0 aromatic heterocycles. The summed E-state index contributed by atoms with van der Waals surface area (Å²) in [6.45, 7) is 2.18. The van der Waals surface area contributed by atoms with Crippen LogP contribution in [-0.4, -0.2) is 17.0 Å². The highest BCUT2D eigenvalue weighted by Crippen LogP contribution is 2.37. The predicted octanol–water partition coefficient (Wildman–Crippen LogP) is 5.86. The normalized spacial score (nSPS) is 16.3. The summed E-state index contributed by atoms with van der Waals surface area (Å²) in [7, 11) is 0. The number of carbonyl (C=O) groups is 2. The zero-order valence-corrected chi connectivity index (χ0v) is 16.2. The average molecular weight is 386 g/mol. The van der Waals surface area contributed by atoms with Gasteiger partial charge in [0.25, 0.3) is 0 Å². The first-order valence-electron chi connectivity index (χ1n) is 9.80. The standard InChI is InChI=1S/C25H22O4/c1-16-12-14-18(15-13-16)25(28)29-22-11-5-7-17-6-4-10-20(23(17)22)19-8-2-3-9-21(19)24(26)27/h2-11,14,16H,12-13,15H2,1H3,(H,26,27). The van der Waals surface area contributed by atoms with Crippen LogP contribution in [0.2, 0.25) is 0 Å². The third-order valence-corrected chi connectivity index (χ3v) is 5.45. The van der Waals surface area contributed by atoms with Crippen molar-refractivity contribution >= 4 is 22.7 Å². The highest BCUT2D eigenvalue weighted by molar-refractivity contribution is 6.07. The molecule has 4 nitrogen and oxygen atoms in total. The molecular formula is C25H22O4. The van der Waals surface area contributed by atoms with Gasteiger partial charge in [-0.15, -0.1) is 0 Å². The Hall–Kier alpha value is -3.40. The molecule has 0 aliphatic heterocycles. The Labute approximate surface area is 169 Å². The lowest BCUT2D eigenvalue weighted by Crippen LogP contribution is -2.15. The van der Waals surface area contributed by atoms with Crippen LogP contribution < -0.4 is 4.74 Å². The summed E-state index contributed by atoms with van der Waals surface area (Å²) < 4.78 is 5.81. The molecular weight excluding hydrogens is 364 g/mol. The molecule has 0 amide bonds. The van der Waals surface area contributed by atoms with Gasteiger partial charge in [0.1, 0.15) is 5.75 Å². The number of ether oxygens (including phenoxy) is 1. The first-order chi connectivity index (χ1) is 14.0. The van der Waals surface area contributed by atoms with Crippen molar-refractivity contribution < 1.29 is 19.4 Å². The fraction of sp³-hybridized carbons (Fsp3) is 0.200. The van der Waals surface area contributed by atoms with Crippen molar-refractivity contribution in [2.24, 2.45) is 5.92 Å². The number of benzene rings is 3. The predicted molar refractivity (Wildman–Crippen MR) is 113 cm³/mol. The Kier molecular flexibility index (Phi) is 5.17. The summed E-state index contributed by atoms with van der Waals surface area (Å²) in [5.41, 5.74) is 2.25. The SMILES string of the molecule is CC1CC=C(C(=O)Oc2cccc3cccc(-c4ccccc4C(=O)O)c23)CC1. The molecule has 3 aromatic carbocycles. The highest BCUT2D eigenvalue weighted by atomic mass is 16.5. The molecule has 0 radical (unpaired) electrons. The number of carboxylic acid groups (broad SMARTS) is 1. The number of aromatic carboxylic acids is 1. The molecule has 1 atom stereocenters. The Balaban J connectivity index is 1.81. The second kappa shape index (κ2) is 7.92. The molecule has 0 saturated carbocycles. The summed E-state index contributed by atoms with van der Waals surface area (Å²) in [6.07, 6.45) is 4.56. The van der Waals surface area contributed by atoms with Crippen molar-refractivity contribution in [3.8, 4) is 16.9 Å². The Morgan fingerprint density at radius 1 is 0.966 bits per heavy atom. The summed E-state index contributed by atoms with van der Waals surface area (Å²) in [5, 5.41) is 11.2. The van der Waals surface area contributed by atoms with Gasteiger partial charge in [0.2, 0.25) is 0 Å². The van der Waals surface area contributed by atoms with E-state index in [1.165, 1.54) is 0 Å². The maximum absolute atomic E-state index is 12.8. The molecule has 1 aliphatic carbocycles. The van der Waals surface area contributed by atoms with Gasteiger partial charge >= 0.3 is 11.9 Å². The molecule has 0 heterocycles. The van der Waals surface area contributed by atoms with Gasteiger partial charge < -0.3 is 9.84 Å². The number of rotatable bonds is 4. The van der Waals surface area contributed by atoms with Crippen LogP contribution in [0.25, 0.3) is 21.9 Å². The minimum atomic E-state index is -0.992. The maximum Gasteiger partial charge on any atom is 0.339 e.